The van der Waals surface area contributed by atoms with Crippen LogP contribution in [0.3, 0.4) is 0 Å². The van der Waals surface area contributed by atoms with Crippen molar-refractivity contribution in [3.05, 3.63) is 64.4 Å². The molecule has 0 atom stereocenters. The Hall–Kier alpha value is -1.29. The van der Waals surface area contributed by atoms with Gasteiger partial charge in [-0.1, -0.05) is 23.7 Å². The molecule has 0 amide bonds. The van der Waals surface area contributed by atoms with E-state index in [0.29, 0.717) is 18.2 Å². The van der Waals surface area contributed by atoms with Gasteiger partial charge in [-0.2, -0.15) is 0 Å². The van der Waals surface area contributed by atoms with Gasteiger partial charge in [-0.05, 0) is 55.8 Å². The first-order valence-corrected chi connectivity index (χ1v) is 7.43. The standard InChI is InChI=1S/C17H19ClFNO.ClH/c1-2-21-17-8-5-15(18)11-14(17)12-20-10-9-13-3-6-16(19)7-4-13;/h3-8,11,20H,2,9-10,12H2,1H3;1H/p-1. The highest BCUT2D eigenvalue weighted by Gasteiger charge is 2.04. The third kappa shape index (κ3) is 5.84. The van der Waals surface area contributed by atoms with Gasteiger partial charge >= 0.3 is 0 Å². The molecule has 2 nitrogen and oxygen atoms in total. The van der Waals surface area contributed by atoms with Crippen molar-refractivity contribution in [1.29, 1.82) is 0 Å². The van der Waals surface area contributed by atoms with Crippen molar-refractivity contribution in [3.8, 4) is 5.75 Å². The molecule has 2 rings (SSSR count). The summed E-state index contributed by atoms with van der Waals surface area (Å²) in [5.41, 5.74) is 2.16. The quantitative estimate of drug-likeness (QED) is 0.764. The number of ether oxygens (including phenoxy) is 1. The summed E-state index contributed by atoms with van der Waals surface area (Å²) in [6.07, 6.45) is 0.852. The summed E-state index contributed by atoms with van der Waals surface area (Å²) in [6, 6.07) is 12.2. The Morgan fingerprint density at radius 1 is 1.14 bits per heavy atom. The van der Waals surface area contributed by atoms with Gasteiger partial charge in [-0.25, -0.2) is 4.39 Å². The third-order valence-corrected chi connectivity index (χ3v) is 3.38. The summed E-state index contributed by atoms with van der Waals surface area (Å²) >= 11 is 6.02. The molecule has 0 spiro atoms. The molecule has 0 saturated heterocycles. The molecule has 0 aromatic heterocycles. The van der Waals surface area contributed by atoms with Crippen LogP contribution < -0.4 is 22.5 Å². The smallest absolute Gasteiger partial charge is 0.123 e. The lowest BCUT2D eigenvalue weighted by Crippen LogP contribution is -3.00. The van der Waals surface area contributed by atoms with E-state index in [-0.39, 0.29) is 18.2 Å². The van der Waals surface area contributed by atoms with Crippen molar-refractivity contribution in [3.63, 3.8) is 0 Å². The van der Waals surface area contributed by atoms with E-state index < -0.39 is 0 Å². The van der Waals surface area contributed by atoms with E-state index in [4.69, 9.17) is 16.3 Å². The molecule has 0 aliphatic rings. The molecular formula is C17H19Cl2FNO-. The zero-order valence-electron chi connectivity index (χ0n) is 12.4. The zero-order valence-corrected chi connectivity index (χ0v) is 13.9. The van der Waals surface area contributed by atoms with Crippen LogP contribution in [-0.4, -0.2) is 13.2 Å². The monoisotopic (exact) mass is 342 g/mol. The van der Waals surface area contributed by atoms with Gasteiger partial charge in [0.25, 0.3) is 0 Å². The zero-order chi connectivity index (χ0) is 15.1. The number of benzene rings is 2. The van der Waals surface area contributed by atoms with E-state index in [1.807, 2.05) is 37.3 Å². The molecule has 0 aliphatic heterocycles. The Morgan fingerprint density at radius 3 is 2.55 bits per heavy atom. The van der Waals surface area contributed by atoms with Gasteiger partial charge in [0, 0.05) is 17.1 Å². The van der Waals surface area contributed by atoms with Crippen LogP contribution in [0.25, 0.3) is 0 Å². The molecule has 120 valence electrons. The minimum atomic E-state index is -0.202. The van der Waals surface area contributed by atoms with Crippen molar-refractivity contribution in [2.75, 3.05) is 13.2 Å². The Bertz CT molecular complexity index is 575. The van der Waals surface area contributed by atoms with Gasteiger partial charge in [0.1, 0.15) is 11.6 Å². The van der Waals surface area contributed by atoms with Crippen molar-refractivity contribution in [1.82, 2.24) is 5.32 Å². The highest BCUT2D eigenvalue weighted by Crippen LogP contribution is 2.22. The summed E-state index contributed by atoms with van der Waals surface area (Å²) in [5.74, 6) is 0.656. The minimum absolute atomic E-state index is 0. The minimum Gasteiger partial charge on any atom is -1.00 e. The van der Waals surface area contributed by atoms with Crippen LogP contribution in [-0.2, 0) is 13.0 Å². The first kappa shape index (κ1) is 18.8. The van der Waals surface area contributed by atoms with Gasteiger partial charge in [0.2, 0.25) is 0 Å². The molecule has 22 heavy (non-hydrogen) atoms. The van der Waals surface area contributed by atoms with Crippen LogP contribution in [0.15, 0.2) is 42.5 Å². The number of nitrogens with one attached hydrogen (secondary N) is 1. The maximum atomic E-state index is 12.8. The van der Waals surface area contributed by atoms with Crippen molar-refractivity contribution < 1.29 is 21.5 Å². The maximum Gasteiger partial charge on any atom is 0.123 e. The summed E-state index contributed by atoms with van der Waals surface area (Å²) in [6.45, 7) is 4.09. The number of rotatable bonds is 7. The van der Waals surface area contributed by atoms with Crippen LogP contribution in [0.5, 0.6) is 5.75 Å². The second-order valence-corrected chi connectivity index (χ2v) is 5.17. The molecule has 0 unspecified atom stereocenters. The maximum absolute atomic E-state index is 12.8. The molecule has 0 saturated carbocycles. The summed E-state index contributed by atoms with van der Waals surface area (Å²) in [5, 5.41) is 4.06. The first-order chi connectivity index (χ1) is 10.2. The Labute approximate surface area is 142 Å². The van der Waals surface area contributed by atoms with Crippen LogP contribution in [0.2, 0.25) is 5.02 Å². The van der Waals surface area contributed by atoms with E-state index >= 15 is 0 Å². The topological polar surface area (TPSA) is 21.3 Å². The van der Waals surface area contributed by atoms with Gasteiger partial charge in [-0.3, -0.25) is 0 Å². The van der Waals surface area contributed by atoms with E-state index in [2.05, 4.69) is 5.32 Å². The lowest BCUT2D eigenvalue weighted by atomic mass is 10.1. The summed E-state index contributed by atoms with van der Waals surface area (Å²) in [4.78, 5) is 0. The van der Waals surface area contributed by atoms with E-state index in [0.717, 1.165) is 29.8 Å². The SMILES string of the molecule is CCOc1ccc(Cl)cc1CNCCc1ccc(F)cc1.[Cl-]. The molecule has 0 radical (unpaired) electrons. The van der Waals surface area contributed by atoms with Crippen LogP contribution in [0.1, 0.15) is 18.1 Å². The second-order valence-electron chi connectivity index (χ2n) is 4.74. The van der Waals surface area contributed by atoms with Crippen molar-refractivity contribution in [2.24, 2.45) is 0 Å². The fourth-order valence-electron chi connectivity index (χ4n) is 2.09. The highest BCUT2D eigenvalue weighted by atomic mass is 35.5. The van der Waals surface area contributed by atoms with Crippen molar-refractivity contribution in [2.45, 2.75) is 19.9 Å². The Morgan fingerprint density at radius 2 is 1.86 bits per heavy atom. The van der Waals surface area contributed by atoms with Gasteiger partial charge in [0.15, 0.2) is 0 Å². The largest absolute Gasteiger partial charge is 1.00 e. The van der Waals surface area contributed by atoms with Gasteiger partial charge in [-0.15, -0.1) is 0 Å². The molecule has 1 N–H and O–H groups in total. The molecule has 0 bridgehead atoms. The fraction of sp³-hybridized carbons (Fsp3) is 0.294. The lowest BCUT2D eigenvalue weighted by Gasteiger charge is -2.11. The molecule has 0 aliphatic carbocycles. The first-order valence-electron chi connectivity index (χ1n) is 7.05. The van der Waals surface area contributed by atoms with E-state index in [1.165, 1.54) is 12.1 Å². The average molecular weight is 343 g/mol. The summed E-state index contributed by atoms with van der Waals surface area (Å²) in [7, 11) is 0. The Balaban J connectivity index is 0.00000242. The van der Waals surface area contributed by atoms with Crippen LogP contribution in [0, 0.1) is 5.82 Å². The van der Waals surface area contributed by atoms with Crippen LogP contribution in [0.4, 0.5) is 4.39 Å². The normalized spacial score (nSPS) is 10.1. The predicted molar refractivity (Wildman–Crippen MR) is 84.4 cm³/mol. The Kier molecular flexibility index (Phi) is 8.25. The van der Waals surface area contributed by atoms with E-state index in [1.54, 1.807) is 0 Å². The number of hydrogen-bond donors (Lipinski definition) is 1. The fourth-order valence-corrected chi connectivity index (χ4v) is 2.28. The average Bonchev–Trinajstić information content (AvgIpc) is 2.48. The molecular weight excluding hydrogens is 324 g/mol. The summed E-state index contributed by atoms with van der Waals surface area (Å²) < 4.78 is 18.4. The molecule has 5 heteroatoms. The van der Waals surface area contributed by atoms with E-state index in [9.17, 15) is 4.39 Å². The molecule has 2 aromatic rings. The highest BCUT2D eigenvalue weighted by molar-refractivity contribution is 6.30. The lowest BCUT2D eigenvalue weighted by molar-refractivity contribution is -0.00000538. The molecule has 0 fully saturated rings. The predicted octanol–water partition coefficient (Wildman–Crippen LogP) is 1.21. The van der Waals surface area contributed by atoms with Gasteiger partial charge in [0.05, 0.1) is 6.61 Å². The number of halogens is 3. The molecule has 2 aromatic carbocycles. The third-order valence-electron chi connectivity index (χ3n) is 3.14. The van der Waals surface area contributed by atoms with Crippen molar-refractivity contribution >= 4 is 11.6 Å². The molecule has 0 heterocycles. The van der Waals surface area contributed by atoms with Gasteiger partial charge < -0.3 is 22.5 Å². The second kappa shape index (κ2) is 9.67. The number of hydrogen-bond acceptors (Lipinski definition) is 2. The van der Waals surface area contributed by atoms with Crippen LogP contribution >= 0.6 is 11.6 Å².